The van der Waals surface area contributed by atoms with Crippen LogP contribution in [0.5, 0.6) is 0 Å². The maximum Gasteiger partial charge on any atom is 0.273 e. The Morgan fingerprint density at radius 3 is 2.84 bits per heavy atom. The number of hydrogen-bond acceptors (Lipinski definition) is 7. The zero-order valence-corrected chi connectivity index (χ0v) is 17.5. The van der Waals surface area contributed by atoms with Gasteiger partial charge in [-0.15, -0.1) is 0 Å². The number of carbonyl (C=O) groups excluding carboxylic acids is 1. The van der Waals surface area contributed by atoms with E-state index in [0.29, 0.717) is 17.1 Å². The first-order chi connectivity index (χ1) is 15.4. The van der Waals surface area contributed by atoms with Gasteiger partial charge in [0.15, 0.2) is 0 Å². The van der Waals surface area contributed by atoms with Crippen molar-refractivity contribution in [2.45, 2.75) is 50.4 Å². The number of aryl methyl sites for hydroxylation is 1. The number of benzene rings is 1. The minimum absolute atomic E-state index is 0.00147. The maximum atomic E-state index is 14.5. The third-order valence-electron chi connectivity index (χ3n) is 6.23. The van der Waals surface area contributed by atoms with E-state index in [-0.39, 0.29) is 37.2 Å². The van der Waals surface area contributed by atoms with Crippen molar-refractivity contribution in [1.82, 2.24) is 14.9 Å². The van der Waals surface area contributed by atoms with Gasteiger partial charge in [0.2, 0.25) is 0 Å². The number of fused-ring (bicyclic) bond motifs is 1. The molecule has 8 nitrogen and oxygen atoms in total. The lowest BCUT2D eigenvalue weighted by molar-refractivity contribution is -0.125. The minimum atomic E-state index is -1.11. The first-order valence-corrected chi connectivity index (χ1v) is 10.6. The van der Waals surface area contributed by atoms with E-state index < -0.39 is 24.4 Å². The molecule has 0 unspecified atom stereocenters. The summed E-state index contributed by atoms with van der Waals surface area (Å²) in [5.41, 5.74) is 3.18. The number of anilines is 1. The molecule has 1 aliphatic carbocycles. The second kappa shape index (κ2) is 8.07. The van der Waals surface area contributed by atoms with Crippen molar-refractivity contribution >= 4 is 17.4 Å². The van der Waals surface area contributed by atoms with Crippen LogP contribution in [0.2, 0.25) is 0 Å². The predicted molar refractivity (Wildman–Crippen MR) is 116 cm³/mol. The monoisotopic (exact) mass is 437 g/mol. The van der Waals surface area contributed by atoms with Crippen LogP contribution in [0.15, 0.2) is 47.7 Å². The Balaban J connectivity index is 1.45. The molecule has 5 rings (SSSR count). The van der Waals surface area contributed by atoms with Crippen molar-refractivity contribution in [1.29, 1.82) is 0 Å². The number of amides is 1. The molecule has 3 aliphatic rings. The standard InChI is InChI=1S/C23H24FN5O3/c1-12-3-2-4-13(7-12)17-8-14(24)10-29(17)23(32)20-19-16(9-25-20)26-11-27-22(19)28-15-5-6-18(30)21(15)31/h2-7,11,14-15,17-18,21,30-31H,8-10H2,1H3,(H,26,27,28)/t14-,15+,17+,18+,21-/m0/s1. The van der Waals surface area contributed by atoms with Crippen LogP contribution in [0.1, 0.15) is 34.8 Å². The van der Waals surface area contributed by atoms with Gasteiger partial charge in [-0.3, -0.25) is 9.79 Å². The minimum Gasteiger partial charge on any atom is -0.388 e. The molecule has 32 heavy (non-hydrogen) atoms. The van der Waals surface area contributed by atoms with Gasteiger partial charge in [0.25, 0.3) is 5.91 Å². The van der Waals surface area contributed by atoms with E-state index in [9.17, 15) is 19.4 Å². The maximum absolute atomic E-state index is 14.5. The molecule has 5 atom stereocenters. The number of rotatable bonds is 4. The van der Waals surface area contributed by atoms with E-state index >= 15 is 0 Å². The molecule has 1 aromatic heterocycles. The number of nitrogens with zero attached hydrogens (tertiary/aromatic N) is 4. The molecule has 166 valence electrons. The van der Waals surface area contributed by atoms with E-state index in [1.807, 2.05) is 31.2 Å². The highest BCUT2D eigenvalue weighted by Gasteiger charge is 2.41. The summed E-state index contributed by atoms with van der Waals surface area (Å²) in [5, 5.41) is 23.0. The lowest BCUT2D eigenvalue weighted by Crippen LogP contribution is -2.38. The van der Waals surface area contributed by atoms with Gasteiger partial charge >= 0.3 is 0 Å². The van der Waals surface area contributed by atoms with E-state index in [4.69, 9.17) is 0 Å². The van der Waals surface area contributed by atoms with E-state index in [0.717, 1.165) is 11.1 Å². The normalized spacial score (nSPS) is 28.7. The average molecular weight is 437 g/mol. The fraction of sp³-hybridized carbons (Fsp3) is 0.391. The number of aliphatic imine (C=N–C) groups is 1. The fourth-order valence-corrected chi connectivity index (χ4v) is 4.61. The van der Waals surface area contributed by atoms with Gasteiger partial charge in [-0.1, -0.05) is 42.0 Å². The van der Waals surface area contributed by atoms with Crippen LogP contribution < -0.4 is 5.32 Å². The number of aromatic nitrogens is 2. The molecule has 1 aromatic carbocycles. The molecule has 9 heteroatoms. The molecule has 3 heterocycles. The van der Waals surface area contributed by atoms with Crippen molar-refractivity contribution in [3.05, 3.63) is 65.1 Å². The Kier molecular flexibility index (Phi) is 5.22. The number of carbonyl (C=O) groups is 1. The summed E-state index contributed by atoms with van der Waals surface area (Å²) in [6, 6.07) is 6.82. The Morgan fingerprint density at radius 2 is 2.09 bits per heavy atom. The highest BCUT2D eigenvalue weighted by Crippen LogP contribution is 2.36. The number of alkyl halides is 1. The molecule has 0 spiro atoms. The van der Waals surface area contributed by atoms with Crippen LogP contribution in [0.4, 0.5) is 10.2 Å². The van der Waals surface area contributed by atoms with Crippen LogP contribution in [-0.4, -0.2) is 67.7 Å². The SMILES string of the molecule is Cc1cccc([C@H]2C[C@H](F)CN2C(=O)C2=NCc3ncnc(N[C@@H]4C=C[C@@H](O)[C@H]4O)c32)c1. The van der Waals surface area contributed by atoms with Gasteiger partial charge in [0.05, 0.1) is 36.4 Å². The number of hydrogen-bond donors (Lipinski definition) is 3. The van der Waals surface area contributed by atoms with Crippen molar-refractivity contribution in [2.24, 2.45) is 4.99 Å². The summed E-state index contributed by atoms with van der Waals surface area (Å²) in [6.07, 6.45) is 1.64. The van der Waals surface area contributed by atoms with Crippen LogP contribution in [0.25, 0.3) is 0 Å². The van der Waals surface area contributed by atoms with Crippen molar-refractivity contribution in [3.63, 3.8) is 0 Å². The van der Waals surface area contributed by atoms with E-state index in [2.05, 4.69) is 20.3 Å². The first-order valence-electron chi connectivity index (χ1n) is 10.6. The molecule has 0 bridgehead atoms. The summed E-state index contributed by atoms with van der Waals surface area (Å²) >= 11 is 0. The summed E-state index contributed by atoms with van der Waals surface area (Å²) in [4.78, 5) is 28.0. The quantitative estimate of drug-likeness (QED) is 0.625. The number of likely N-dealkylation sites (tertiary alicyclic amines) is 1. The summed E-state index contributed by atoms with van der Waals surface area (Å²) < 4.78 is 14.5. The van der Waals surface area contributed by atoms with Crippen molar-refractivity contribution in [2.75, 3.05) is 11.9 Å². The van der Waals surface area contributed by atoms with Gasteiger partial charge in [0.1, 0.15) is 36.2 Å². The van der Waals surface area contributed by atoms with Crippen LogP contribution in [-0.2, 0) is 11.3 Å². The molecular formula is C23H24FN5O3. The van der Waals surface area contributed by atoms with Crippen LogP contribution in [0, 0.1) is 6.92 Å². The topological polar surface area (TPSA) is 111 Å². The molecule has 1 saturated heterocycles. The molecular weight excluding hydrogens is 413 g/mol. The number of halogens is 1. The average Bonchev–Trinajstić information content (AvgIpc) is 3.47. The summed E-state index contributed by atoms with van der Waals surface area (Å²) in [6.45, 7) is 2.19. The molecule has 1 fully saturated rings. The zero-order chi connectivity index (χ0) is 22.4. The van der Waals surface area contributed by atoms with Gasteiger partial charge in [-0.25, -0.2) is 14.4 Å². The van der Waals surface area contributed by atoms with E-state index in [1.54, 1.807) is 6.08 Å². The lowest BCUT2D eigenvalue weighted by Gasteiger charge is -2.26. The molecule has 2 aliphatic heterocycles. The molecule has 3 N–H and O–H groups in total. The smallest absolute Gasteiger partial charge is 0.273 e. The van der Waals surface area contributed by atoms with Gasteiger partial charge in [0, 0.05) is 6.42 Å². The fourth-order valence-electron chi connectivity index (χ4n) is 4.61. The summed E-state index contributed by atoms with van der Waals surface area (Å²) in [5.74, 6) is -0.0127. The number of aliphatic hydroxyl groups excluding tert-OH is 2. The largest absolute Gasteiger partial charge is 0.388 e. The third kappa shape index (κ3) is 3.57. The number of aliphatic hydroxyl groups is 2. The van der Waals surface area contributed by atoms with Crippen LogP contribution in [0.3, 0.4) is 0 Å². The molecule has 0 radical (unpaired) electrons. The lowest BCUT2D eigenvalue weighted by atomic mass is 10.0. The predicted octanol–water partition coefficient (Wildman–Crippen LogP) is 1.47. The zero-order valence-electron chi connectivity index (χ0n) is 17.5. The Morgan fingerprint density at radius 1 is 1.25 bits per heavy atom. The van der Waals surface area contributed by atoms with Crippen molar-refractivity contribution in [3.8, 4) is 0 Å². The summed E-state index contributed by atoms with van der Waals surface area (Å²) in [7, 11) is 0. The number of nitrogens with one attached hydrogen (secondary N) is 1. The third-order valence-corrected chi connectivity index (χ3v) is 6.23. The Hall–Kier alpha value is -3.17. The molecule has 0 saturated carbocycles. The molecule has 1 amide bonds. The van der Waals surface area contributed by atoms with Crippen LogP contribution >= 0.6 is 0 Å². The Labute approximate surface area is 184 Å². The van der Waals surface area contributed by atoms with E-state index in [1.165, 1.54) is 17.3 Å². The Bertz CT molecular complexity index is 1120. The van der Waals surface area contributed by atoms with Crippen molar-refractivity contribution < 1.29 is 19.4 Å². The first kappa shape index (κ1) is 20.7. The van der Waals surface area contributed by atoms with Gasteiger partial charge in [-0.2, -0.15) is 0 Å². The molecule has 2 aromatic rings. The van der Waals surface area contributed by atoms with Gasteiger partial charge < -0.3 is 20.4 Å². The second-order valence-corrected chi connectivity index (χ2v) is 8.47. The second-order valence-electron chi connectivity index (χ2n) is 8.47. The highest BCUT2D eigenvalue weighted by atomic mass is 19.1. The van der Waals surface area contributed by atoms with Gasteiger partial charge in [-0.05, 0) is 12.5 Å². The highest BCUT2D eigenvalue weighted by molar-refractivity contribution is 6.47.